The maximum atomic E-state index is 2.67. The van der Waals surface area contributed by atoms with E-state index in [2.05, 4.69) is 72.2 Å². The Morgan fingerprint density at radius 1 is 0.607 bits per heavy atom. The summed E-state index contributed by atoms with van der Waals surface area (Å²) in [4.78, 5) is 5.34. The van der Waals surface area contributed by atoms with E-state index in [0.29, 0.717) is 38.3 Å². The number of rotatable bonds is 7. The van der Waals surface area contributed by atoms with Gasteiger partial charge in [-0.3, -0.25) is 0 Å². The summed E-state index contributed by atoms with van der Waals surface area (Å²) >= 11 is 1.08. The SMILES string of the molecule is C[C@H](c1ccccc1[Se][Se]c1ccccc1[C@@H](C)N1CCCC1)N1CCCC1. The summed E-state index contributed by atoms with van der Waals surface area (Å²) in [5.41, 5.74) is 3.16. The molecule has 0 N–H and O–H groups in total. The zero-order chi connectivity index (χ0) is 19.3. The van der Waals surface area contributed by atoms with Gasteiger partial charge in [0.2, 0.25) is 0 Å². The Kier molecular flexibility index (Phi) is 7.33. The van der Waals surface area contributed by atoms with Crippen LogP contribution in [0.2, 0.25) is 0 Å². The molecule has 0 aliphatic carbocycles. The van der Waals surface area contributed by atoms with Crippen molar-refractivity contribution in [2.24, 2.45) is 0 Å². The van der Waals surface area contributed by atoms with Crippen LogP contribution in [0.1, 0.15) is 62.7 Å². The average molecular weight is 506 g/mol. The van der Waals surface area contributed by atoms with Gasteiger partial charge in [-0.15, -0.1) is 0 Å². The van der Waals surface area contributed by atoms with Gasteiger partial charge in [-0.1, -0.05) is 0 Å². The van der Waals surface area contributed by atoms with Crippen molar-refractivity contribution < 1.29 is 0 Å². The number of likely N-dealkylation sites (tertiary alicyclic amines) is 2. The molecule has 0 unspecified atom stereocenters. The number of hydrogen-bond acceptors (Lipinski definition) is 2. The fourth-order valence-electron chi connectivity index (χ4n) is 4.54. The van der Waals surface area contributed by atoms with Crippen LogP contribution < -0.4 is 8.92 Å². The van der Waals surface area contributed by atoms with Gasteiger partial charge in [0.05, 0.1) is 0 Å². The summed E-state index contributed by atoms with van der Waals surface area (Å²) in [6.45, 7) is 9.90. The molecule has 2 heterocycles. The first-order valence-electron chi connectivity index (χ1n) is 10.7. The molecule has 2 aliphatic heterocycles. The molecule has 0 saturated carbocycles. The third kappa shape index (κ3) is 4.75. The molecule has 0 radical (unpaired) electrons. The minimum atomic E-state index is 0.540. The molecule has 2 saturated heterocycles. The maximum absolute atomic E-state index is 2.67. The second kappa shape index (κ2) is 9.94. The molecule has 2 nitrogen and oxygen atoms in total. The summed E-state index contributed by atoms with van der Waals surface area (Å²) in [6, 6.07) is 19.6. The Labute approximate surface area is 181 Å². The van der Waals surface area contributed by atoms with Crippen LogP contribution in [-0.2, 0) is 0 Å². The summed E-state index contributed by atoms with van der Waals surface area (Å²) < 4.78 is 3.25. The van der Waals surface area contributed by atoms with E-state index in [0.717, 1.165) is 0 Å². The van der Waals surface area contributed by atoms with E-state index in [9.17, 15) is 0 Å². The fourth-order valence-corrected chi connectivity index (χ4v) is 12.2. The van der Waals surface area contributed by atoms with Crippen LogP contribution in [0, 0.1) is 0 Å². The molecule has 2 aliphatic rings. The molecule has 4 heteroatoms. The predicted molar refractivity (Wildman–Crippen MR) is 122 cm³/mol. The van der Waals surface area contributed by atoms with Gasteiger partial charge in [-0.05, 0) is 0 Å². The monoisotopic (exact) mass is 508 g/mol. The molecule has 2 aromatic rings. The molecule has 2 atom stereocenters. The van der Waals surface area contributed by atoms with E-state index in [4.69, 9.17) is 0 Å². The second-order valence-electron chi connectivity index (χ2n) is 8.08. The van der Waals surface area contributed by atoms with Gasteiger partial charge < -0.3 is 0 Å². The Morgan fingerprint density at radius 2 is 0.964 bits per heavy atom. The number of nitrogens with zero attached hydrogens (tertiary/aromatic N) is 2. The number of benzene rings is 2. The summed E-state index contributed by atoms with van der Waals surface area (Å²) in [6.07, 6.45) is 5.46. The first-order chi connectivity index (χ1) is 13.7. The predicted octanol–water partition coefficient (Wildman–Crippen LogP) is 3.27. The molecule has 0 bridgehead atoms. The van der Waals surface area contributed by atoms with Gasteiger partial charge in [-0.25, -0.2) is 0 Å². The van der Waals surface area contributed by atoms with E-state index in [-0.39, 0.29) is 0 Å². The molecule has 28 heavy (non-hydrogen) atoms. The molecular formula is C24H32N2Se2. The standard InChI is InChI=1S/C24H32N2Se2/c1-19(25-15-7-8-16-25)21-11-3-5-13-23(21)27-28-24-14-6-4-12-22(24)20(2)26-17-9-10-18-26/h3-6,11-14,19-20H,7-10,15-18H2,1-2H3/t19-,20-/m1/s1. The van der Waals surface area contributed by atoms with Crippen molar-refractivity contribution in [1.82, 2.24) is 9.80 Å². The topological polar surface area (TPSA) is 6.48 Å². The summed E-state index contributed by atoms with van der Waals surface area (Å²) in [5, 5.41) is 0. The number of hydrogen-bond donors (Lipinski definition) is 0. The van der Waals surface area contributed by atoms with Crippen LogP contribution in [0.5, 0.6) is 0 Å². The zero-order valence-corrected chi connectivity index (χ0v) is 20.6. The van der Waals surface area contributed by atoms with Crippen LogP contribution in [-0.4, -0.2) is 62.2 Å². The van der Waals surface area contributed by atoms with Gasteiger partial charge in [0.25, 0.3) is 0 Å². The summed E-state index contributed by atoms with van der Waals surface area (Å²) in [5.74, 6) is 0. The third-order valence-electron chi connectivity index (χ3n) is 6.34. The quantitative estimate of drug-likeness (QED) is 0.532. The van der Waals surface area contributed by atoms with Crippen molar-refractivity contribution >= 4 is 35.2 Å². The van der Waals surface area contributed by atoms with Crippen LogP contribution >= 0.6 is 0 Å². The molecule has 2 aromatic carbocycles. The molecule has 0 amide bonds. The molecular weight excluding hydrogens is 474 g/mol. The fraction of sp³-hybridized carbons (Fsp3) is 0.500. The van der Waals surface area contributed by atoms with E-state index >= 15 is 0 Å². The van der Waals surface area contributed by atoms with Gasteiger partial charge in [0.1, 0.15) is 0 Å². The van der Waals surface area contributed by atoms with Crippen molar-refractivity contribution in [1.29, 1.82) is 0 Å². The van der Waals surface area contributed by atoms with Gasteiger partial charge in [0, 0.05) is 0 Å². The van der Waals surface area contributed by atoms with E-state index < -0.39 is 0 Å². The Morgan fingerprint density at radius 3 is 1.36 bits per heavy atom. The van der Waals surface area contributed by atoms with Crippen LogP contribution in [0.4, 0.5) is 0 Å². The zero-order valence-electron chi connectivity index (χ0n) is 17.1. The Hall–Kier alpha value is -0.601. The normalized spacial score (nSPS) is 20.5. The van der Waals surface area contributed by atoms with Crippen molar-refractivity contribution in [2.45, 2.75) is 51.6 Å². The third-order valence-corrected chi connectivity index (χ3v) is 13.6. The van der Waals surface area contributed by atoms with Crippen LogP contribution in [0.3, 0.4) is 0 Å². The van der Waals surface area contributed by atoms with Crippen molar-refractivity contribution in [3.8, 4) is 0 Å². The second-order valence-corrected chi connectivity index (χ2v) is 14.3. The molecule has 150 valence electrons. The molecule has 2 fully saturated rings. The van der Waals surface area contributed by atoms with Gasteiger partial charge in [-0.2, -0.15) is 0 Å². The van der Waals surface area contributed by atoms with Gasteiger partial charge in [0.15, 0.2) is 0 Å². The van der Waals surface area contributed by atoms with Crippen LogP contribution in [0.15, 0.2) is 48.5 Å². The van der Waals surface area contributed by atoms with Crippen LogP contribution in [0.25, 0.3) is 0 Å². The van der Waals surface area contributed by atoms with Crippen molar-refractivity contribution in [2.75, 3.05) is 26.2 Å². The molecule has 0 aromatic heterocycles. The first-order valence-corrected chi connectivity index (χ1v) is 16.8. The van der Waals surface area contributed by atoms with E-state index in [1.54, 1.807) is 20.1 Å². The molecule has 4 rings (SSSR count). The average Bonchev–Trinajstić information content (AvgIpc) is 3.46. The van der Waals surface area contributed by atoms with Crippen molar-refractivity contribution in [3.63, 3.8) is 0 Å². The Balaban J connectivity index is 1.49. The molecule has 0 spiro atoms. The summed E-state index contributed by atoms with van der Waals surface area (Å²) in [7, 11) is 0. The van der Waals surface area contributed by atoms with Gasteiger partial charge >= 0.3 is 182 Å². The van der Waals surface area contributed by atoms with Crippen molar-refractivity contribution in [3.05, 3.63) is 59.7 Å². The first kappa shape index (κ1) is 20.7. The minimum absolute atomic E-state index is 0.540. The Bertz CT molecular complexity index is 701. The van der Waals surface area contributed by atoms with E-state index in [1.807, 2.05) is 0 Å². The van der Waals surface area contributed by atoms with E-state index in [1.165, 1.54) is 51.9 Å².